The summed E-state index contributed by atoms with van der Waals surface area (Å²) >= 11 is 0. The quantitative estimate of drug-likeness (QED) is 0.715. The van der Waals surface area contributed by atoms with Crippen molar-refractivity contribution in [1.82, 2.24) is 14.7 Å². The Morgan fingerprint density at radius 1 is 1.05 bits per heavy atom. The molecule has 0 unspecified atom stereocenters. The van der Waals surface area contributed by atoms with Gasteiger partial charge in [0.2, 0.25) is 5.82 Å². The molecular formula is C14H11N3O2. The highest BCUT2D eigenvalue weighted by atomic mass is 16.5. The number of rotatable bonds is 3. The first-order chi connectivity index (χ1) is 9.34. The number of hydrogen-bond acceptors (Lipinski definition) is 4. The van der Waals surface area contributed by atoms with Crippen LogP contribution in [0.2, 0.25) is 0 Å². The predicted molar refractivity (Wildman–Crippen MR) is 69.5 cm³/mol. The van der Waals surface area contributed by atoms with E-state index in [1.54, 1.807) is 12.3 Å². The Kier molecular flexibility index (Phi) is 2.94. The van der Waals surface area contributed by atoms with Gasteiger partial charge in [-0.05, 0) is 17.7 Å². The fraction of sp³-hybridized carbons (Fsp3) is 0.0714. The van der Waals surface area contributed by atoms with Crippen molar-refractivity contribution >= 4 is 0 Å². The zero-order valence-corrected chi connectivity index (χ0v) is 10.1. The standard InChI is InChI=1S/C14H11N3O2/c18-14-17(10-11-6-2-1-3-7-11)13(16-19-14)12-8-4-5-9-15-12/h1-9H,10H2. The summed E-state index contributed by atoms with van der Waals surface area (Å²) in [6.45, 7) is 0.412. The number of hydrogen-bond donors (Lipinski definition) is 0. The summed E-state index contributed by atoms with van der Waals surface area (Å²) in [5.74, 6) is -0.0426. The molecule has 5 heteroatoms. The van der Waals surface area contributed by atoms with Crippen molar-refractivity contribution in [2.75, 3.05) is 0 Å². The third-order valence-corrected chi connectivity index (χ3v) is 2.76. The van der Waals surface area contributed by atoms with E-state index in [1.165, 1.54) is 4.57 Å². The number of aromatic nitrogens is 3. The highest BCUT2D eigenvalue weighted by Crippen LogP contribution is 2.13. The van der Waals surface area contributed by atoms with Crippen LogP contribution in [0.15, 0.2) is 64.0 Å². The van der Waals surface area contributed by atoms with E-state index in [9.17, 15) is 4.79 Å². The fourth-order valence-corrected chi connectivity index (χ4v) is 1.85. The average molecular weight is 253 g/mol. The summed E-state index contributed by atoms with van der Waals surface area (Å²) < 4.78 is 6.21. The normalized spacial score (nSPS) is 10.5. The maximum atomic E-state index is 11.7. The fourth-order valence-electron chi connectivity index (χ4n) is 1.85. The highest BCUT2D eigenvalue weighted by molar-refractivity contribution is 5.48. The summed E-state index contributed by atoms with van der Waals surface area (Å²) in [7, 11) is 0. The van der Waals surface area contributed by atoms with Gasteiger partial charge in [0.05, 0.1) is 6.54 Å². The molecule has 0 saturated heterocycles. The van der Waals surface area contributed by atoms with Crippen LogP contribution in [0.25, 0.3) is 11.5 Å². The molecule has 19 heavy (non-hydrogen) atoms. The molecule has 2 aromatic heterocycles. The van der Waals surface area contributed by atoms with Gasteiger partial charge in [0.25, 0.3) is 0 Å². The summed E-state index contributed by atoms with van der Waals surface area (Å²) in [4.78, 5) is 15.9. The van der Waals surface area contributed by atoms with Crippen LogP contribution in [0.1, 0.15) is 5.56 Å². The van der Waals surface area contributed by atoms with Crippen LogP contribution in [-0.2, 0) is 6.54 Å². The SMILES string of the molecule is O=c1onc(-c2ccccn2)n1Cc1ccccc1. The van der Waals surface area contributed by atoms with E-state index in [0.29, 0.717) is 18.1 Å². The first-order valence-electron chi connectivity index (χ1n) is 5.86. The van der Waals surface area contributed by atoms with Gasteiger partial charge in [0.15, 0.2) is 0 Å². The minimum Gasteiger partial charge on any atom is -0.295 e. The Bertz CT molecular complexity index is 717. The van der Waals surface area contributed by atoms with Crippen LogP contribution in [0.3, 0.4) is 0 Å². The van der Waals surface area contributed by atoms with Gasteiger partial charge in [-0.15, -0.1) is 0 Å². The van der Waals surface area contributed by atoms with Crippen LogP contribution < -0.4 is 5.76 Å². The largest absolute Gasteiger partial charge is 0.442 e. The topological polar surface area (TPSA) is 60.9 Å². The lowest BCUT2D eigenvalue weighted by Crippen LogP contribution is -2.16. The minimum absolute atomic E-state index is 0.412. The number of nitrogens with zero attached hydrogens (tertiary/aromatic N) is 3. The zero-order valence-electron chi connectivity index (χ0n) is 10.1. The van der Waals surface area contributed by atoms with Gasteiger partial charge in [-0.2, -0.15) is 0 Å². The van der Waals surface area contributed by atoms with Gasteiger partial charge in [-0.1, -0.05) is 41.6 Å². The summed E-state index contributed by atoms with van der Waals surface area (Å²) in [5, 5.41) is 3.80. The van der Waals surface area contributed by atoms with Crippen LogP contribution >= 0.6 is 0 Å². The van der Waals surface area contributed by atoms with Crippen molar-refractivity contribution in [3.8, 4) is 11.5 Å². The van der Waals surface area contributed by atoms with E-state index in [2.05, 4.69) is 10.1 Å². The molecule has 0 spiro atoms. The molecule has 0 saturated carbocycles. The molecular weight excluding hydrogens is 242 g/mol. The summed E-state index contributed by atoms with van der Waals surface area (Å²) in [6.07, 6.45) is 1.65. The maximum absolute atomic E-state index is 11.7. The molecule has 3 rings (SSSR count). The molecule has 0 aliphatic heterocycles. The Labute approximate surface area is 109 Å². The van der Waals surface area contributed by atoms with Crippen molar-refractivity contribution in [3.05, 3.63) is 70.8 Å². The molecule has 0 aliphatic carbocycles. The van der Waals surface area contributed by atoms with E-state index in [-0.39, 0.29) is 0 Å². The van der Waals surface area contributed by atoms with E-state index in [1.807, 2.05) is 42.5 Å². The minimum atomic E-state index is -0.482. The van der Waals surface area contributed by atoms with Gasteiger partial charge in [-0.3, -0.25) is 14.1 Å². The molecule has 2 heterocycles. The third kappa shape index (κ3) is 2.30. The lowest BCUT2D eigenvalue weighted by molar-refractivity contribution is 0.378. The smallest absolute Gasteiger partial charge is 0.295 e. The third-order valence-electron chi connectivity index (χ3n) is 2.76. The Hall–Kier alpha value is -2.69. The average Bonchev–Trinajstić information content (AvgIpc) is 2.82. The van der Waals surface area contributed by atoms with Gasteiger partial charge in [-0.25, -0.2) is 4.79 Å². The molecule has 94 valence electrons. The number of benzene rings is 1. The van der Waals surface area contributed by atoms with Crippen LogP contribution in [-0.4, -0.2) is 14.7 Å². The molecule has 0 radical (unpaired) electrons. The van der Waals surface area contributed by atoms with E-state index >= 15 is 0 Å². The first-order valence-corrected chi connectivity index (χ1v) is 5.86. The Morgan fingerprint density at radius 2 is 1.84 bits per heavy atom. The Morgan fingerprint density at radius 3 is 2.58 bits per heavy atom. The monoisotopic (exact) mass is 253 g/mol. The van der Waals surface area contributed by atoms with Gasteiger partial charge >= 0.3 is 5.76 Å². The van der Waals surface area contributed by atoms with Crippen LogP contribution in [0, 0.1) is 0 Å². The molecule has 0 N–H and O–H groups in total. The second-order valence-corrected chi connectivity index (χ2v) is 4.06. The second kappa shape index (κ2) is 4.89. The molecule has 0 amide bonds. The Balaban J connectivity index is 2.03. The van der Waals surface area contributed by atoms with E-state index in [0.717, 1.165) is 5.56 Å². The highest BCUT2D eigenvalue weighted by Gasteiger charge is 2.13. The zero-order chi connectivity index (χ0) is 13.1. The first kappa shape index (κ1) is 11.4. The van der Waals surface area contributed by atoms with Gasteiger partial charge in [0.1, 0.15) is 5.69 Å². The predicted octanol–water partition coefficient (Wildman–Crippen LogP) is 1.95. The molecule has 0 bridgehead atoms. The van der Waals surface area contributed by atoms with E-state index in [4.69, 9.17) is 4.52 Å². The number of pyridine rings is 1. The van der Waals surface area contributed by atoms with Crippen molar-refractivity contribution in [2.24, 2.45) is 0 Å². The molecule has 0 atom stereocenters. The van der Waals surface area contributed by atoms with Crippen molar-refractivity contribution in [2.45, 2.75) is 6.54 Å². The van der Waals surface area contributed by atoms with Gasteiger partial charge in [0, 0.05) is 6.20 Å². The molecule has 3 aromatic rings. The lowest BCUT2D eigenvalue weighted by atomic mass is 10.2. The van der Waals surface area contributed by atoms with Crippen LogP contribution in [0.5, 0.6) is 0 Å². The maximum Gasteiger partial charge on any atom is 0.442 e. The van der Waals surface area contributed by atoms with Crippen molar-refractivity contribution < 1.29 is 4.52 Å². The summed E-state index contributed by atoms with van der Waals surface area (Å²) in [5.41, 5.74) is 1.62. The second-order valence-electron chi connectivity index (χ2n) is 4.06. The van der Waals surface area contributed by atoms with Crippen molar-refractivity contribution in [3.63, 3.8) is 0 Å². The molecule has 5 nitrogen and oxygen atoms in total. The van der Waals surface area contributed by atoms with Crippen LogP contribution in [0.4, 0.5) is 0 Å². The summed E-state index contributed by atoms with van der Waals surface area (Å²) in [6, 6.07) is 15.1. The molecule has 1 aromatic carbocycles. The van der Waals surface area contributed by atoms with Crippen molar-refractivity contribution in [1.29, 1.82) is 0 Å². The van der Waals surface area contributed by atoms with Gasteiger partial charge < -0.3 is 0 Å². The molecule has 0 fully saturated rings. The lowest BCUT2D eigenvalue weighted by Gasteiger charge is -2.03. The van der Waals surface area contributed by atoms with E-state index < -0.39 is 5.76 Å². The molecule has 0 aliphatic rings.